The van der Waals surface area contributed by atoms with Gasteiger partial charge < -0.3 is 9.47 Å². The number of piperidine rings is 1. The lowest BCUT2D eigenvalue weighted by atomic mass is 10.0. The lowest BCUT2D eigenvalue weighted by Gasteiger charge is -2.38. The van der Waals surface area contributed by atoms with Crippen LogP contribution in [0, 0.1) is 0 Å². The van der Waals surface area contributed by atoms with Gasteiger partial charge in [-0.15, -0.1) is 0 Å². The Kier molecular flexibility index (Phi) is 3.52. The van der Waals surface area contributed by atoms with Crippen molar-refractivity contribution in [2.24, 2.45) is 0 Å². The molecular weight excluding hydrogens is 252 g/mol. The Bertz CT molecular complexity index is 421. The Balaban J connectivity index is 1.66. The third-order valence-corrected chi connectivity index (χ3v) is 3.68. The van der Waals surface area contributed by atoms with E-state index in [9.17, 15) is 0 Å². The summed E-state index contributed by atoms with van der Waals surface area (Å²) < 4.78 is 11.5. The van der Waals surface area contributed by atoms with Gasteiger partial charge in [0.15, 0.2) is 5.79 Å². The molecule has 1 spiro atoms. The van der Waals surface area contributed by atoms with Crippen molar-refractivity contribution < 1.29 is 9.47 Å². The smallest absolute Gasteiger partial charge is 0.181 e. The molecule has 0 aliphatic carbocycles. The second-order valence-corrected chi connectivity index (χ2v) is 5.26. The first kappa shape index (κ1) is 12.4. The molecule has 3 heterocycles. The molecule has 0 saturated carbocycles. The number of halogens is 1. The van der Waals surface area contributed by atoms with Crippen LogP contribution >= 0.6 is 11.6 Å². The molecule has 0 N–H and O–H groups in total. The average Bonchev–Trinajstić information content (AvgIpc) is 2.77. The molecule has 4 nitrogen and oxygen atoms in total. The first-order chi connectivity index (χ1) is 8.76. The van der Waals surface area contributed by atoms with Crippen molar-refractivity contribution in [3.05, 3.63) is 29.0 Å². The molecule has 0 atom stereocenters. The van der Waals surface area contributed by atoms with Gasteiger partial charge in [-0.3, -0.25) is 4.90 Å². The predicted molar refractivity (Wildman–Crippen MR) is 68.4 cm³/mol. The Morgan fingerprint density at radius 3 is 2.94 bits per heavy atom. The average molecular weight is 269 g/mol. The van der Waals surface area contributed by atoms with Gasteiger partial charge >= 0.3 is 0 Å². The van der Waals surface area contributed by atoms with Crippen LogP contribution in [0.15, 0.2) is 18.2 Å². The summed E-state index contributed by atoms with van der Waals surface area (Å²) in [7, 11) is 0. The Hall–Kier alpha value is -0.680. The lowest BCUT2D eigenvalue weighted by Crippen LogP contribution is -2.48. The van der Waals surface area contributed by atoms with Gasteiger partial charge in [-0.1, -0.05) is 17.7 Å². The minimum Gasteiger partial charge on any atom is -0.346 e. The minimum atomic E-state index is -0.364. The molecule has 1 aromatic rings. The van der Waals surface area contributed by atoms with Crippen LogP contribution in [0.25, 0.3) is 0 Å². The zero-order valence-electron chi connectivity index (χ0n) is 10.3. The van der Waals surface area contributed by atoms with Gasteiger partial charge in [0.25, 0.3) is 0 Å². The third kappa shape index (κ3) is 2.67. The van der Waals surface area contributed by atoms with E-state index < -0.39 is 0 Å². The molecule has 0 amide bonds. The summed E-state index contributed by atoms with van der Waals surface area (Å²) in [4.78, 5) is 6.65. The second kappa shape index (κ2) is 5.13. The maximum atomic E-state index is 5.90. The van der Waals surface area contributed by atoms with E-state index in [0.29, 0.717) is 18.4 Å². The monoisotopic (exact) mass is 268 g/mol. The van der Waals surface area contributed by atoms with Crippen LogP contribution in [0.5, 0.6) is 0 Å². The van der Waals surface area contributed by atoms with Gasteiger partial charge in [-0.25, -0.2) is 4.98 Å². The van der Waals surface area contributed by atoms with E-state index in [4.69, 9.17) is 21.1 Å². The maximum absolute atomic E-state index is 5.90. The molecule has 2 saturated heterocycles. The van der Waals surface area contributed by atoms with Crippen LogP contribution in [0.4, 0.5) is 0 Å². The largest absolute Gasteiger partial charge is 0.346 e. The third-order valence-electron chi connectivity index (χ3n) is 3.47. The fraction of sp³-hybridized carbons (Fsp3) is 0.615. The SMILES string of the molecule is Clc1cccc(CN2CCCC3(C2)OCCO3)n1. The molecule has 18 heavy (non-hydrogen) atoms. The summed E-state index contributed by atoms with van der Waals surface area (Å²) >= 11 is 5.90. The normalized spacial score (nSPS) is 23.6. The van der Waals surface area contributed by atoms with Crippen LogP contribution in [0.3, 0.4) is 0 Å². The van der Waals surface area contributed by atoms with Crippen LogP contribution in [-0.4, -0.2) is 42.0 Å². The number of hydrogen-bond donors (Lipinski definition) is 0. The number of hydrogen-bond acceptors (Lipinski definition) is 4. The number of likely N-dealkylation sites (tertiary alicyclic amines) is 1. The van der Waals surface area contributed by atoms with E-state index >= 15 is 0 Å². The molecule has 3 rings (SSSR count). The van der Waals surface area contributed by atoms with E-state index in [2.05, 4.69) is 9.88 Å². The molecule has 98 valence electrons. The minimum absolute atomic E-state index is 0.364. The summed E-state index contributed by atoms with van der Waals surface area (Å²) in [5, 5.41) is 0.549. The molecule has 2 fully saturated rings. The summed E-state index contributed by atoms with van der Waals surface area (Å²) in [6.45, 7) is 4.10. The van der Waals surface area contributed by atoms with Crippen molar-refractivity contribution in [1.29, 1.82) is 0 Å². The zero-order chi connectivity index (χ0) is 12.4. The molecule has 2 aliphatic heterocycles. The predicted octanol–water partition coefficient (Wildman–Crippen LogP) is 2.07. The van der Waals surface area contributed by atoms with Gasteiger partial charge in [-0.2, -0.15) is 0 Å². The number of nitrogens with zero attached hydrogens (tertiary/aromatic N) is 2. The van der Waals surface area contributed by atoms with Crippen molar-refractivity contribution in [3.8, 4) is 0 Å². The van der Waals surface area contributed by atoms with E-state index in [1.807, 2.05) is 12.1 Å². The highest BCUT2D eigenvalue weighted by molar-refractivity contribution is 6.29. The van der Waals surface area contributed by atoms with Crippen LogP contribution in [0.1, 0.15) is 18.5 Å². The molecule has 0 unspecified atom stereocenters. The highest BCUT2D eigenvalue weighted by Gasteiger charge is 2.40. The summed E-state index contributed by atoms with van der Waals surface area (Å²) in [5.74, 6) is -0.364. The number of rotatable bonds is 2. The van der Waals surface area contributed by atoms with Crippen molar-refractivity contribution >= 4 is 11.6 Å². The molecule has 5 heteroatoms. The number of aromatic nitrogens is 1. The maximum Gasteiger partial charge on any atom is 0.181 e. The van der Waals surface area contributed by atoms with E-state index in [-0.39, 0.29) is 5.79 Å². The first-order valence-corrected chi connectivity index (χ1v) is 6.75. The molecule has 0 bridgehead atoms. The summed E-state index contributed by atoms with van der Waals surface area (Å²) in [6.07, 6.45) is 2.09. The molecular formula is C13H17ClN2O2. The van der Waals surface area contributed by atoms with Crippen LogP contribution in [0.2, 0.25) is 5.15 Å². The first-order valence-electron chi connectivity index (χ1n) is 6.38. The van der Waals surface area contributed by atoms with Gasteiger partial charge in [0.2, 0.25) is 0 Å². The van der Waals surface area contributed by atoms with Crippen molar-refractivity contribution in [2.75, 3.05) is 26.3 Å². The highest BCUT2D eigenvalue weighted by atomic mass is 35.5. The highest BCUT2D eigenvalue weighted by Crippen LogP contribution is 2.30. The molecule has 1 aromatic heterocycles. The molecule has 0 radical (unpaired) electrons. The molecule has 0 aromatic carbocycles. The fourth-order valence-corrected chi connectivity index (χ4v) is 2.89. The fourth-order valence-electron chi connectivity index (χ4n) is 2.71. The van der Waals surface area contributed by atoms with Gasteiger partial charge in [-0.05, 0) is 25.1 Å². The Labute approximate surface area is 112 Å². The lowest BCUT2D eigenvalue weighted by molar-refractivity contribution is -0.190. The summed E-state index contributed by atoms with van der Waals surface area (Å²) in [6, 6.07) is 5.74. The zero-order valence-corrected chi connectivity index (χ0v) is 11.0. The van der Waals surface area contributed by atoms with Crippen LogP contribution in [-0.2, 0) is 16.0 Å². The van der Waals surface area contributed by atoms with E-state index in [1.165, 1.54) is 0 Å². The summed E-state index contributed by atoms with van der Waals surface area (Å²) in [5.41, 5.74) is 0.998. The van der Waals surface area contributed by atoms with E-state index in [0.717, 1.165) is 38.2 Å². The second-order valence-electron chi connectivity index (χ2n) is 4.87. The Morgan fingerprint density at radius 2 is 2.17 bits per heavy atom. The van der Waals surface area contributed by atoms with Gasteiger partial charge in [0.05, 0.1) is 25.5 Å². The van der Waals surface area contributed by atoms with Crippen LogP contribution < -0.4 is 0 Å². The van der Waals surface area contributed by atoms with Crippen molar-refractivity contribution in [2.45, 2.75) is 25.2 Å². The Morgan fingerprint density at radius 1 is 1.33 bits per heavy atom. The van der Waals surface area contributed by atoms with Gasteiger partial charge in [0.1, 0.15) is 5.15 Å². The van der Waals surface area contributed by atoms with E-state index in [1.54, 1.807) is 6.07 Å². The number of ether oxygens (including phenoxy) is 2. The van der Waals surface area contributed by atoms with Crippen molar-refractivity contribution in [1.82, 2.24) is 9.88 Å². The molecule has 2 aliphatic rings. The standard InChI is InChI=1S/C13H17ClN2O2/c14-12-4-1-3-11(15-12)9-16-6-2-5-13(10-16)17-7-8-18-13/h1,3-4H,2,5-10H2. The quantitative estimate of drug-likeness (QED) is 0.769. The van der Waals surface area contributed by atoms with Gasteiger partial charge in [0, 0.05) is 13.0 Å². The van der Waals surface area contributed by atoms with Crippen molar-refractivity contribution in [3.63, 3.8) is 0 Å². The topological polar surface area (TPSA) is 34.6 Å². The number of pyridine rings is 1.